The molecule has 0 N–H and O–H groups in total. The Kier molecular flexibility index (Phi) is 3.03. The van der Waals surface area contributed by atoms with Crippen LogP contribution in [0.1, 0.15) is 11.1 Å². The van der Waals surface area contributed by atoms with E-state index in [0.29, 0.717) is 0 Å². The van der Waals surface area contributed by atoms with Crippen LogP contribution in [0.5, 0.6) is 0 Å². The highest BCUT2D eigenvalue weighted by molar-refractivity contribution is 5.47. The summed E-state index contributed by atoms with van der Waals surface area (Å²) < 4.78 is 0. The van der Waals surface area contributed by atoms with Gasteiger partial charge < -0.3 is 4.90 Å². The topological polar surface area (TPSA) is 3.24 Å². The van der Waals surface area contributed by atoms with Gasteiger partial charge in [0, 0.05) is 13.1 Å². The number of benzene rings is 1. The van der Waals surface area contributed by atoms with Gasteiger partial charge in [-0.3, -0.25) is 0 Å². The Morgan fingerprint density at radius 1 is 1.20 bits per heavy atom. The van der Waals surface area contributed by atoms with E-state index >= 15 is 0 Å². The van der Waals surface area contributed by atoms with Gasteiger partial charge in [-0.2, -0.15) is 0 Å². The lowest BCUT2D eigenvalue weighted by Gasteiger charge is -2.20. The van der Waals surface area contributed by atoms with Crippen LogP contribution in [-0.4, -0.2) is 11.4 Å². The summed E-state index contributed by atoms with van der Waals surface area (Å²) in [5.41, 5.74) is 2.51. The van der Waals surface area contributed by atoms with Crippen LogP contribution in [0.25, 0.3) is 6.08 Å². The fraction of sp³-hybridized carbons (Fsp3) is 0.143. The monoisotopic (exact) mass is 197 g/mol. The lowest BCUT2D eigenvalue weighted by Crippen LogP contribution is -2.17. The Morgan fingerprint density at radius 3 is 2.60 bits per heavy atom. The first-order chi connectivity index (χ1) is 7.38. The fourth-order valence-corrected chi connectivity index (χ4v) is 1.62. The van der Waals surface area contributed by atoms with Crippen molar-refractivity contribution in [2.45, 2.75) is 6.54 Å². The van der Waals surface area contributed by atoms with Crippen LogP contribution in [-0.2, 0) is 6.54 Å². The van der Waals surface area contributed by atoms with Gasteiger partial charge in [-0.15, -0.1) is 0 Å². The molecule has 0 atom stereocenters. The van der Waals surface area contributed by atoms with Gasteiger partial charge in [0.2, 0.25) is 0 Å². The van der Waals surface area contributed by atoms with Gasteiger partial charge >= 0.3 is 0 Å². The maximum Gasteiger partial charge on any atom is 0.0427 e. The first kappa shape index (κ1) is 9.78. The molecule has 0 amide bonds. The van der Waals surface area contributed by atoms with Crippen molar-refractivity contribution in [2.24, 2.45) is 0 Å². The molecule has 0 bridgehead atoms. The normalized spacial score (nSPS) is 14.3. The molecule has 0 aromatic heterocycles. The molecule has 0 radical (unpaired) electrons. The molecule has 76 valence electrons. The second kappa shape index (κ2) is 4.65. The van der Waals surface area contributed by atoms with Gasteiger partial charge in [0.25, 0.3) is 0 Å². The molecular weight excluding hydrogens is 182 g/mol. The maximum atomic E-state index is 3.75. The third-order valence-electron chi connectivity index (χ3n) is 2.49. The van der Waals surface area contributed by atoms with E-state index in [4.69, 9.17) is 0 Å². The van der Waals surface area contributed by atoms with Crippen molar-refractivity contribution in [3.63, 3.8) is 0 Å². The second-order valence-corrected chi connectivity index (χ2v) is 3.64. The Hall–Kier alpha value is -1.76. The van der Waals surface area contributed by atoms with E-state index in [-0.39, 0.29) is 0 Å². The maximum absolute atomic E-state index is 3.75. The fourth-order valence-electron chi connectivity index (χ4n) is 1.62. The van der Waals surface area contributed by atoms with Crippen molar-refractivity contribution in [3.05, 3.63) is 66.4 Å². The summed E-state index contributed by atoms with van der Waals surface area (Å²) in [5, 5.41) is 0. The van der Waals surface area contributed by atoms with E-state index in [1.54, 1.807) is 0 Å². The smallest absolute Gasteiger partial charge is 0.0427 e. The molecule has 0 saturated carbocycles. The van der Waals surface area contributed by atoms with Crippen molar-refractivity contribution in [3.8, 4) is 0 Å². The predicted molar refractivity (Wildman–Crippen MR) is 65.2 cm³/mol. The number of nitrogens with zero attached hydrogens (tertiary/aromatic N) is 1. The molecule has 2 rings (SSSR count). The molecule has 0 spiro atoms. The molecule has 1 aliphatic rings. The SMILES string of the molecule is C=Cc1ccc(CN2C=CC=CC2)cc1. The Morgan fingerprint density at radius 2 is 2.00 bits per heavy atom. The quantitative estimate of drug-likeness (QED) is 0.719. The number of rotatable bonds is 3. The van der Waals surface area contributed by atoms with Gasteiger partial charge in [0.1, 0.15) is 0 Å². The highest BCUT2D eigenvalue weighted by Gasteiger charge is 2.00. The molecule has 0 saturated heterocycles. The Bertz CT molecular complexity index is 384. The average molecular weight is 197 g/mol. The number of hydrogen-bond donors (Lipinski definition) is 0. The number of allylic oxidation sites excluding steroid dienone is 2. The van der Waals surface area contributed by atoms with Crippen LogP contribution in [0.3, 0.4) is 0 Å². The van der Waals surface area contributed by atoms with Gasteiger partial charge in [-0.1, -0.05) is 49.1 Å². The minimum Gasteiger partial charge on any atom is -0.369 e. The van der Waals surface area contributed by atoms with E-state index in [2.05, 4.69) is 60.2 Å². The Balaban J connectivity index is 2.01. The lowest BCUT2D eigenvalue weighted by atomic mass is 10.1. The van der Waals surface area contributed by atoms with Crippen LogP contribution in [0.2, 0.25) is 0 Å². The molecule has 1 heteroatoms. The third kappa shape index (κ3) is 2.59. The highest BCUT2D eigenvalue weighted by Crippen LogP contribution is 2.10. The Labute approximate surface area is 91.0 Å². The van der Waals surface area contributed by atoms with Crippen molar-refractivity contribution < 1.29 is 0 Å². The molecule has 1 nitrogen and oxygen atoms in total. The van der Waals surface area contributed by atoms with Crippen LogP contribution in [0, 0.1) is 0 Å². The molecule has 1 aliphatic heterocycles. The summed E-state index contributed by atoms with van der Waals surface area (Å²) in [6, 6.07) is 8.52. The predicted octanol–water partition coefficient (Wildman–Crippen LogP) is 3.22. The summed E-state index contributed by atoms with van der Waals surface area (Å²) >= 11 is 0. The minimum absolute atomic E-state index is 0.970. The van der Waals surface area contributed by atoms with E-state index in [1.165, 1.54) is 11.1 Å². The highest BCUT2D eigenvalue weighted by atomic mass is 15.1. The largest absolute Gasteiger partial charge is 0.369 e. The minimum atomic E-state index is 0.970. The summed E-state index contributed by atoms with van der Waals surface area (Å²) in [6.07, 6.45) is 10.3. The van der Waals surface area contributed by atoms with Gasteiger partial charge in [-0.25, -0.2) is 0 Å². The molecular formula is C14H15N. The summed E-state index contributed by atoms with van der Waals surface area (Å²) in [6.45, 7) is 5.72. The third-order valence-corrected chi connectivity index (χ3v) is 2.49. The molecule has 0 aliphatic carbocycles. The van der Waals surface area contributed by atoms with Gasteiger partial charge in [0.15, 0.2) is 0 Å². The van der Waals surface area contributed by atoms with Crippen LogP contribution >= 0.6 is 0 Å². The summed E-state index contributed by atoms with van der Waals surface area (Å²) in [5.74, 6) is 0. The zero-order valence-corrected chi connectivity index (χ0v) is 8.76. The zero-order valence-electron chi connectivity index (χ0n) is 8.76. The summed E-state index contributed by atoms with van der Waals surface area (Å²) in [7, 11) is 0. The van der Waals surface area contributed by atoms with Crippen molar-refractivity contribution in [1.82, 2.24) is 4.90 Å². The zero-order chi connectivity index (χ0) is 10.5. The molecule has 1 aromatic carbocycles. The first-order valence-electron chi connectivity index (χ1n) is 5.17. The van der Waals surface area contributed by atoms with Gasteiger partial charge in [-0.05, 0) is 23.4 Å². The average Bonchev–Trinajstić information content (AvgIpc) is 2.31. The molecule has 15 heavy (non-hydrogen) atoms. The van der Waals surface area contributed by atoms with E-state index in [9.17, 15) is 0 Å². The van der Waals surface area contributed by atoms with E-state index in [1.807, 2.05) is 6.08 Å². The van der Waals surface area contributed by atoms with E-state index < -0.39 is 0 Å². The van der Waals surface area contributed by atoms with Crippen LogP contribution in [0.15, 0.2) is 55.3 Å². The second-order valence-electron chi connectivity index (χ2n) is 3.64. The van der Waals surface area contributed by atoms with Gasteiger partial charge in [0.05, 0.1) is 0 Å². The molecule has 0 fully saturated rings. The van der Waals surface area contributed by atoms with Crippen LogP contribution < -0.4 is 0 Å². The summed E-state index contributed by atoms with van der Waals surface area (Å²) in [4.78, 5) is 2.28. The molecule has 1 heterocycles. The molecule has 0 unspecified atom stereocenters. The van der Waals surface area contributed by atoms with Crippen molar-refractivity contribution >= 4 is 6.08 Å². The van der Waals surface area contributed by atoms with Crippen molar-refractivity contribution in [2.75, 3.05) is 6.54 Å². The standard InChI is InChI=1S/C14H15N/c1-2-13-6-8-14(9-7-13)12-15-10-4-3-5-11-15/h2-10H,1,11-12H2. The first-order valence-corrected chi connectivity index (χ1v) is 5.17. The lowest BCUT2D eigenvalue weighted by molar-refractivity contribution is 0.405. The van der Waals surface area contributed by atoms with Crippen LogP contribution in [0.4, 0.5) is 0 Å². The van der Waals surface area contributed by atoms with E-state index in [0.717, 1.165) is 13.1 Å². The number of hydrogen-bond acceptors (Lipinski definition) is 1. The molecule has 1 aromatic rings. The van der Waals surface area contributed by atoms with Crippen molar-refractivity contribution in [1.29, 1.82) is 0 Å².